The normalized spacial score (nSPS) is 9.85. The van der Waals surface area contributed by atoms with E-state index in [9.17, 15) is 4.79 Å². The van der Waals surface area contributed by atoms with Gasteiger partial charge in [-0.3, -0.25) is 4.89 Å². The summed E-state index contributed by atoms with van der Waals surface area (Å²) in [5, 5.41) is 8.57. The molecule has 0 aliphatic carbocycles. The average molecular weight is 270 g/mol. The number of para-hydroxylation sites is 2. The molecule has 20 heavy (non-hydrogen) atoms. The first-order valence-electron chi connectivity index (χ1n) is 6.07. The predicted octanol–water partition coefficient (Wildman–Crippen LogP) is 3.84. The summed E-state index contributed by atoms with van der Waals surface area (Å²) in [7, 11) is 0. The minimum absolute atomic E-state index is 0.163. The van der Waals surface area contributed by atoms with Crippen LogP contribution in [0, 0.1) is 0 Å². The van der Waals surface area contributed by atoms with Crippen LogP contribution in [0.5, 0.6) is 11.5 Å². The standard InChI is InChI=1S/C16H14O4/c1-2-7-12-8-6-11-14(16(17)20-18)15(12)19-13-9-4-3-5-10-13/h2-6,8-11,18H,1,7H2. The fourth-order valence-electron chi connectivity index (χ4n) is 1.84. The second-order valence-corrected chi connectivity index (χ2v) is 4.08. The number of carbonyl (C=O) groups excluding carboxylic acids is 1. The molecule has 0 saturated carbocycles. The van der Waals surface area contributed by atoms with Crippen LogP contribution in [0.15, 0.2) is 61.2 Å². The zero-order chi connectivity index (χ0) is 14.4. The van der Waals surface area contributed by atoms with E-state index in [0.717, 1.165) is 5.56 Å². The van der Waals surface area contributed by atoms with Gasteiger partial charge in [0.25, 0.3) is 0 Å². The van der Waals surface area contributed by atoms with Crippen molar-refractivity contribution in [3.63, 3.8) is 0 Å². The monoisotopic (exact) mass is 270 g/mol. The van der Waals surface area contributed by atoms with Gasteiger partial charge >= 0.3 is 5.97 Å². The van der Waals surface area contributed by atoms with Crippen LogP contribution in [0.25, 0.3) is 0 Å². The number of rotatable bonds is 5. The van der Waals surface area contributed by atoms with Gasteiger partial charge in [0.1, 0.15) is 17.1 Å². The molecule has 0 bridgehead atoms. The zero-order valence-electron chi connectivity index (χ0n) is 10.8. The molecule has 0 fully saturated rings. The number of allylic oxidation sites excluding steroid dienone is 1. The molecule has 0 amide bonds. The van der Waals surface area contributed by atoms with Crippen LogP contribution in [0.2, 0.25) is 0 Å². The first-order valence-corrected chi connectivity index (χ1v) is 6.07. The van der Waals surface area contributed by atoms with Crippen LogP contribution >= 0.6 is 0 Å². The first-order chi connectivity index (χ1) is 9.76. The van der Waals surface area contributed by atoms with Gasteiger partial charge in [0.15, 0.2) is 0 Å². The van der Waals surface area contributed by atoms with Crippen molar-refractivity contribution in [3.8, 4) is 11.5 Å². The molecule has 1 N–H and O–H groups in total. The van der Waals surface area contributed by atoms with Gasteiger partial charge in [0.05, 0.1) is 0 Å². The van der Waals surface area contributed by atoms with E-state index in [4.69, 9.17) is 9.99 Å². The number of benzene rings is 2. The van der Waals surface area contributed by atoms with Crippen LogP contribution in [0.3, 0.4) is 0 Å². The molecule has 2 aromatic rings. The molecule has 4 nitrogen and oxygen atoms in total. The summed E-state index contributed by atoms with van der Waals surface area (Å²) in [6.45, 7) is 3.68. The molecule has 0 aromatic heterocycles. The van der Waals surface area contributed by atoms with E-state index < -0.39 is 5.97 Å². The first kappa shape index (κ1) is 13.8. The molecule has 2 rings (SSSR count). The molecule has 0 heterocycles. The summed E-state index contributed by atoms with van der Waals surface area (Å²) in [4.78, 5) is 15.4. The molecule has 4 heteroatoms. The van der Waals surface area contributed by atoms with E-state index in [0.29, 0.717) is 17.9 Å². The summed E-state index contributed by atoms with van der Waals surface area (Å²) in [5.74, 6) is 0.0931. The molecule has 0 spiro atoms. The van der Waals surface area contributed by atoms with Crippen LogP contribution in [-0.2, 0) is 11.3 Å². The van der Waals surface area contributed by atoms with Crippen molar-refractivity contribution in [2.45, 2.75) is 6.42 Å². The van der Waals surface area contributed by atoms with Gasteiger partial charge in [-0.15, -0.1) is 6.58 Å². The molecule has 0 aliphatic heterocycles. The van der Waals surface area contributed by atoms with Crippen molar-refractivity contribution >= 4 is 5.97 Å². The average Bonchev–Trinajstić information content (AvgIpc) is 2.49. The SMILES string of the molecule is C=CCc1cccc(C(=O)OO)c1Oc1ccccc1. The van der Waals surface area contributed by atoms with Gasteiger partial charge in [-0.1, -0.05) is 36.4 Å². The third kappa shape index (κ3) is 3.05. The van der Waals surface area contributed by atoms with E-state index in [1.165, 1.54) is 6.07 Å². The van der Waals surface area contributed by atoms with Crippen molar-refractivity contribution in [1.82, 2.24) is 0 Å². The summed E-state index contributed by atoms with van der Waals surface area (Å²) < 4.78 is 5.76. The Morgan fingerprint density at radius 1 is 1.15 bits per heavy atom. The molecule has 0 radical (unpaired) electrons. The van der Waals surface area contributed by atoms with Crippen molar-refractivity contribution < 1.29 is 19.7 Å². The molecule has 0 aliphatic rings. The molecule has 102 valence electrons. The quantitative estimate of drug-likeness (QED) is 0.509. The molecule has 0 atom stereocenters. The van der Waals surface area contributed by atoms with Gasteiger partial charge in [-0.2, -0.15) is 5.26 Å². The van der Waals surface area contributed by atoms with E-state index in [1.54, 1.807) is 24.3 Å². The molecule has 0 saturated heterocycles. The second kappa shape index (κ2) is 6.54. The molecule has 0 unspecified atom stereocenters. The number of hydrogen-bond donors (Lipinski definition) is 1. The maximum absolute atomic E-state index is 11.6. The van der Waals surface area contributed by atoms with Crippen LogP contribution in [0.1, 0.15) is 15.9 Å². The minimum atomic E-state index is -0.859. The highest BCUT2D eigenvalue weighted by Crippen LogP contribution is 2.30. The summed E-state index contributed by atoms with van der Waals surface area (Å²) in [6.07, 6.45) is 2.25. The third-order valence-corrected chi connectivity index (χ3v) is 2.73. The Hall–Kier alpha value is -2.59. The van der Waals surface area contributed by atoms with Gasteiger partial charge in [-0.25, -0.2) is 4.79 Å². The van der Waals surface area contributed by atoms with Gasteiger partial charge < -0.3 is 4.74 Å². The zero-order valence-corrected chi connectivity index (χ0v) is 10.8. The molecular formula is C16H14O4. The van der Waals surface area contributed by atoms with Crippen molar-refractivity contribution in [1.29, 1.82) is 0 Å². The highest BCUT2D eigenvalue weighted by atomic mass is 17.1. The van der Waals surface area contributed by atoms with E-state index >= 15 is 0 Å². The topological polar surface area (TPSA) is 55.8 Å². The van der Waals surface area contributed by atoms with Crippen LogP contribution < -0.4 is 4.74 Å². The van der Waals surface area contributed by atoms with E-state index in [2.05, 4.69) is 11.5 Å². The summed E-state index contributed by atoms with van der Waals surface area (Å²) in [5.41, 5.74) is 0.947. The van der Waals surface area contributed by atoms with Gasteiger partial charge in [0.2, 0.25) is 0 Å². The largest absolute Gasteiger partial charge is 0.456 e. The van der Waals surface area contributed by atoms with Crippen LogP contribution in [-0.4, -0.2) is 11.2 Å². The predicted molar refractivity (Wildman–Crippen MR) is 74.9 cm³/mol. The van der Waals surface area contributed by atoms with E-state index in [-0.39, 0.29) is 5.56 Å². The van der Waals surface area contributed by atoms with Gasteiger partial charge in [-0.05, 0) is 30.2 Å². The fraction of sp³-hybridized carbons (Fsp3) is 0.0625. The Balaban J connectivity index is 2.46. The lowest BCUT2D eigenvalue weighted by Crippen LogP contribution is -2.06. The maximum Gasteiger partial charge on any atom is 0.376 e. The Bertz CT molecular complexity index is 605. The summed E-state index contributed by atoms with van der Waals surface area (Å²) >= 11 is 0. The highest BCUT2D eigenvalue weighted by Gasteiger charge is 2.18. The third-order valence-electron chi connectivity index (χ3n) is 2.73. The van der Waals surface area contributed by atoms with E-state index in [1.807, 2.05) is 24.3 Å². The van der Waals surface area contributed by atoms with Crippen LogP contribution in [0.4, 0.5) is 0 Å². The Kier molecular flexibility index (Phi) is 4.52. The van der Waals surface area contributed by atoms with Gasteiger partial charge in [0, 0.05) is 0 Å². The second-order valence-electron chi connectivity index (χ2n) is 4.08. The lowest BCUT2D eigenvalue weighted by molar-refractivity contribution is -0.182. The summed E-state index contributed by atoms with van der Waals surface area (Å²) in [6, 6.07) is 14.1. The lowest BCUT2D eigenvalue weighted by atomic mass is 10.1. The number of ether oxygens (including phenoxy) is 1. The number of carbonyl (C=O) groups is 1. The Morgan fingerprint density at radius 2 is 1.90 bits per heavy atom. The fourth-order valence-corrected chi connectivity index (χ4v) is 1.84. The van der Waals surface area contributed by atoms with Crippen molar-refractivity contribution in [3.05, 3.63) is 72.3 Å². The highest BCUT2D eigenvalue weighted by molar-refractivity contribution is 5.92. The molecule has 2 aromatic carbocycles. The lowest BCUT2D eigenvalue weighted by Gasteiger charge is -2.13. The van der Waals surface area contributed by atoms with Crippen molar-refractivity contribution in [2.75, 3.05) is 0 Å². The smallest absolute Gasteiger partial charge is 0.376 e. The Labute approximate surface area is 116 Å². The Morgan fingerprint density at radius 3 is 2.55 bits per heavy atom. The van der Waals surface area contributed by atoms with Crippen molar-refractivity contribution in [2.24, 2.45) is 0 Å². The molecular weight excluding hydrogens is 256 g/mol. The minimum Gasteiger partial charge on any atom is -0.456 e. The number of hydrogen-bond acceptors (Lipinski definition) is 4. The maximum atomic E-state index is 11.6.